The summed E-state index contributed by atoms with van der Waals surface area (Å²) in [5.74, 6) is 1.06. The van der Waals surface area contributed by atoms with Crippen molar-refractivity contribution in [2.24, 2.45) is 5.92 Å². The van der Waals surface area contributed by atoms with Crippen LogP contribution in [0.5, 0.6) is 5.75 Å². The fourth-order valence-electron chi connectivity index (χ4n) is 2.58. The highest BCUT2D eigenvalue weighted by atomic mass is 79.9. The maximum atomic E-state index is 9.45. The first-order valence-electron chi connectivity index (χ1n) is 6.98. The van der Waals surface area contributed by atoms with Crippen molar-refractivity contribution < 1.29 is 5.11 Å². The van der Waals surface area contributed by atoms with Gasteiger partial charge in [-0.1, -0.05) is 6.07 Å². The van der Waals surface area contributed by atoms with Crippen LogP contribution in [0, 0.1) is 5.92 Å². The van der Waals surface area contributed by atoms with Crippen molar-refractivity contribution in [3.63, 3.8) is 0 Å². The molecule has 1 aliphatic rings. The Hall–Kier alpha value is -0.580. The average molecular weight is 327 g/mol. The van der Waals surface area contributed by atoms with Crippen LogP contribution in [0.25, 0.3) is 0 Å². The van der Waals surface area contributed by atoms with Gasteiger partial charge < -0.3 is 15.3 Å². The number of nitrogens with zero attached hydrogens (tertiary/aromatic N) is 1. The summed E-state index contributed by atoms with van der Waals surface area (Å²) in [5.41, 5.74) is 1.20. The van der Waals surface area contributed by atoms with Crippen molar-refractivity contribution in [1.82, 2.24) is 10.2 Å². The van der Waals surface area contributed by atoms with Gasteiger partial charge in [-0.2, -0.15) is 0 Å². The maximum absolute atomic E-state index is 9.45. The van der Waals surface area contributed by atoms with E-state index >= 15 is 0 Å². The summed E-state index contributed by atoms with van der Waals surface area (Å²) < 4.78 is 0.763. The number of nitrogens with one attached hydrogen (secondary N) is 1. The summed E-state index contributed by atoms with van der Waals surface area (Å²) >= 11 is 3.34. The van der Waals surface area contributed by atoms with Crippen LogP contribution in [-0.2, 0) is 6.54 Å². The maximum Gasteiger partial charge on any atom is 0.129 e. The lowest BCUT2D eigenvalue weighted by Crippen LogP contribution is -2.30. The molecule has 1 fully saturated rings. The zero-order valence-electron chi connectivity index (χ0n) is 11.7. The molecule has 1 atom stereocenters. The molecule has 0 radical (unpaired) electrons. The lowest BCUT2D eigenvalue weighted by atomic mass is 10.1. The Bertz CT molecular complexity index is 423. The molecule has 2 rings (SSSR count). The molecule has 1 aliphatic heterocycles. The fraction of sp³-hybridized carbons (Fsp3) is 0.600. The van der Waals surface area contributed by atoms with Gasteiger partial charge in [-0.05, 0) is 72.9 Å². The molecule has 3 nitrogen and oxygen atoms in total. The van der Waals surface area contributed by atoms with Gasteiger partial charge in [-0.25, -0.2) is 0 Å². The van der Waals surface area contributed by atoms with E-state index in [4.69, 9.17) is 0 Å². The van der Waals surface area contributed by atoms with Gasteiger partial charge in [0.2, 0.25) is 0 Å². The molecule has 2 N–H and O–H groups in total. The third kappa shape index (κ3) is 4.20. The van der Waals surface area contributed by atoms with Gasteiger partial charge in [0.1, 0.15) is 5.75 Å². The summed E-state index contributed by atoms with van der Waals surface area (Å²) in [6.07, 6.45) is 1.30. The number of phenolic OH excluding ortho intramolecular Hbond substituents is 1. The normalized spacial score (nSPS) is 20.3. The van der Waals surface area contributed by atoms with E-state index in [1.54, 1.807) is 6.07 Å². The Morgan fingerprint density at radius 1 is 1.47 bits per heavy atom. The Morgan fingerprint density at radius 3 is 2.89 bits per heavy atom. The van der Waals surface area contributed by atoms with Crippen molar-refractivity contribution in [3.8, 4) is 5.75 Å². The van der Waals surface area contributed by atoms with E-state index in [1.165, 1.54) is 25.1 Å². The third-order valence-electron chi connectivity index (χ3n) is 3.82. The number of aromatic hydroxyl groups is 1. The predicted octanol–water partition coefficient (Wildman–Crippen LogP) is 2.97. The topological polar surface area (TPSA) is 35.5 Å². The van der Waals surface area contributed by atoms with Crippen molar-refractivity contribution >= 4 is 15.9 Å². The van der Waals surface area contributed by atoms with Crippen LogP contribution >= 0.6 is 15.9 Å². The molecule has 4 heteroatoms. The largest absolute Gasteiger partial charge is 0.507 e. The third-order valence-corrected chi connectivity index (χ3v) is 4.46. The Balaban J connectivity index is 1.73. The minimum atomic E-state index is 0.298. The van der Waals surface area contributed by atoms with Crippen molar-refractivity contribution in [2.75, 3.05) is 19.6 Å². The van der Waals surface area contributed by atoms with Gasteiger partial charge in [-0.15, -0.1) is 0 Å². The fourth-order valence-corrected chi connectivity index (χ4v) is 3.01. The average Bonchev–Trinajstić information content (AvgIpc) is 2.83. The second-order valence-corrected chi connectivity index (χ2v) is 6.51. The number of phenols is 1. The summed E-state index contributed by atoms with van der Waals surface area (Å²) in [6, 6.07) is 6.33. The molecular formula is C15H23BrN2O. The van der Waals surface area contributed by atoms with Crippen LogP contribution < -0.4 is 5.32 Å². The van der Waals surface area contributed by atoms with E-state index in [0.29, 0.717) is 11.8 Å². The molecule has 0 amide bonds. The molecule has 1 unspecified atom stereocenters. The molecule has 1 aromatic rings. The quantitative estimate of drug-likeness (QED) is 0.873. The Labute approximate surface area is 124 Å². The van der Waals surface area contributed by atoms with Gasteiger partial charge in [0, 0.05) is 19.1 Å². The molecule has 1 heterocycles. The minimum Gasteiger partial charge on any atom is -0.507 e. The van der Waals surface area contributed by atoms with E-state index < -0.39 is 0 Å². The molecule has 1 aromatic carbocycles. The first kappa shape index (κ1) is 14.8. The van der Waals surface area contributed by atoms with Gasteiger partial charge in [0.25, 0.3) is 0 Å². The summed E-state index contributed by atoms with van der Waals surface area (Å²) in [6.45, 7) is 8.91. The monoisotopic (exact) mass is 326 g/mol. The van der Waals surface area contributed by atoms with Crippen molar-refractivity contribution in [3.05, 3.63) is 28.2 Å². The molecule has 0 aliphatic carbocycles. The van der Waals surface area contributed by atoms with Crippen LogP contribution in [0.1, 0.15) is 25.8 Å². The second kappa shape index (κ2) is 6.73. The summed E-state index contributed by atoms with van der Waals surface area (Å²) in [7, 11) is 0. The molecule has 0 bridgehead atoms. The minimum absolute atomic E-state index is 0.298. The van der Waals surface area contributed by atoms with Crippen molar-refractivity contribution in [1.29, 1.82) is 0 Å². The van der Waals surface area contributed by atoms with Gasteiger partial charge in [-0.3, -0.25) is 0 Å². The molecule has 0 spiro atoms. The predicted molar refractivity (Wildman–Crippen MR) is 82.3 cm³/mol. The van der Waals surface area contributed by atoms with Crippen molar-refractivity contribution in [2.45, 2.75) is 32.9 Å². The summed E-state index contributed by atoms with van der Waals surface area (Å²) in [5, 5.41) is 13.0. The SMILES string of the molecule is CC(C)N1CCC(CNCc2ccc(O)c(Br)c2)C1. The number of hydrogen-bond donors (Lipinski definition) is 2. The van der Waals surface area contributed by atoms with E-state index in [0.717, 1.165) is 23.5 Å². The number of benzene rings is 1. The summed E-state index contributed by atoms with van der Waals surface area (Å²) in [4.78, 5) is 2.55. The highest BCUT2D eigenvalue weighted by Gasteiger charge is 2.23. The number of halogens is 1. The molecule has 106 valence electrons. The molecular weight excluding hydrogens is 304 g/mol. The first-order chi connectivity index (χ1) is 9.06. The smallest absolute Gasteiger partial charge is 0.129 e. The zero-order valence-corrected chi connectivity index (χ0v) is 13.3. The van der Waals surface area contributed by atoms with E-state index in [1.807, 2.05) is 12.1 Å². The molecule has 1 saturated heterocycles. The van der Waals surface area contributed by atoms with Gasteiger partial charge >= 0.3 is 0 Å². The van der Waals surface area contributed by atoms with Crippen LogP contribution in [0.3, 0.4) is 0 Å². The number of likely N-dealkylation sites (tertiary alicyclic amines) is 1. The van der Waals surface area contributed by atoms with E-state index in [9.17, 15) is 5.11 Å². The standard InChI is InChI=1S/C15H23BrN2O/c1-11(2)18-6-5-13(10-18)9-17-8-12-3-4-15(19)14(16)7-12/h3-4,7,11,13,17,19H,5-6,8-10H2,1-2H3. The molecule has 19 heavy (non-hydrogen) atoms. The zero-order chi connectivity index (χ0) is 13.8. The van der Waals surface area contributed by atoms with Gasteiger partial charge in [0.15, 0.2) is 0 Å². The highest BCUT2D eigenvalue weighted by Crippen LogP contribution is 2.24. The number of rotatable bonds is 5. The van der Waals surface area contributed by atoms with Crippen LogP contribution in [0.15, 0.2) is 22.7 Å². The first-order valence-corrected chi connectivity index (χ1v) is 7.77. The highest BCUT2D eigenvalue weighted by molar-refractivity contribution is 9.10. The lowest BCUT2D eigenvalue weighted by molar-refractivity contribution is 0.264. The number of hydrogen-bond acceptors (Lipinski definition) is 3. The second-order valence-electron chi connectivity index (χ2n) is 5.66. The lowest BCUT2D eigenvalue weighted by Gasteiger charge is -2.20. The van der Waals surface area contributed by atoms with Gasteiger partial charge in [0.05, 0.1) is 4.47 Å². The van der Waals surface area contributed by atoms with E-state index in [2.05, 4.69) is 40.0 Å². The van der Waals surface area contributed by atoms with Crippen LogP contribution in [0.2, 0.25) is 0 Å². The van der Waals surface area contributed by atoms with Crippen LogP contribution in [-0.4, -0.2) is 35.7 Å². The molecule has 0 aromatic heterocycles. The Kier molecular flexibility index (Phi) is 5.25. The molecule has 0 saturated carbocycles. The Morgan fingerprint density at radius 2 is 2.26 bits per heavy atom. The van der Waals surface area contributed by atoms with Crippen LogP contribution in [0.4, 0.5) is 0 Å². The van der Waals surface area contributed by atoms with E-state index in [-0.39, 0.29) is 0 Å².